The van der Waals surface area contributed by atoms with E-state index in [1.165, 1.54) is 19.2 Å². The molecule has 9 heteroatoms. The first-order chi connectivity index (χ1) is 11.7. The van der Waals surface area contributed by atoms with Gasteiger partial charge in [-0.15, -0.1) is 0 Å². The van der Waals surface area contributed by atoms with Crippen molar-refractivity contribution < 1.29 is 13.2 Å². The second-order valence-corrected chi connectivity index (χ2v) is 5.54. The number of halogens is 3. The Labute approximate surface area is 140 Å². The lowest BCUT2D eigenvalue weighted by Gasteiger charge is -2.08. The average Bonchev–Trinajstić information content (AvgIpc) is 3.01. The zero-order valence-corrected chi connectivity index (χ0v) is 13.3. The Morgan fingerprint density at radius 3 is 2.44 bits per heavy atom. The van der Waals surface area contributed by atoms with E-state index in [1.54, 1.807) is 13.0 Å². The van der Waals surface area contributed by atoms with Gasteiger partial charge in [-0.2, -0.15) is 23.4 Å². The maximum absolute atomic E-state index is 12.6. The van der Waals surface area contributed by atoms with Crippen molar-refractivity contribution in [3.8, 4) is 22.5 Å². The van der Waals surface area contributed by atoms with E-state index >= 15 is 0 Å². The molecule has 3 N–H and O–H groups in total. The van der Waals surface area contributed by atoms with Gasteiger partial charge in [-0.25, -0.2) is 4.68 Å². The van der Waals surface area contributed by atoms with Crippen LogP contribution < -0.4 is 11.3 Å². The number of alkyl halides is 3. The summed E-state index contributed by atoms with van der Waals surface area (Å²) in [6.45, 7) is 1.70. The van der Waals surface area contributed by atoms with E-state index in [1.807, 2.05) is 0 Å². The van der Waals surface area contributed by atoms with E-state index < -0.39 is 17.3 Å². The monoisotopic (exact) mass is 349 g/mol. The van der Waals surface area contributed by atoms with Crippen LogP contribution in [0.3, 0.4) is 0 Å². The van der Waals surface area contributed by atoms with Gasteiger partial charge in [-0.1, -0.05) is 12.1 Å². The molecule has 0 amide bonds. The van der Waals surface area contributed by atoms with Crippen molar-refractivity contribution in [2.24, 2.45) is 7.05 Å². The minimum Gasteiger partial charge on any atom is -0.394 e. The number of nitrogens with one attached hydrogen (secondary N) is 1. The lowest BCUT2D eigenvalue weighted by molar-refractivity contribution is -0.137. The van der Waals surface area contributed by atoms with Crippen LogP contribution in [0.5, 0.6) is 0 Å². The van der Waals surface area contributed by atoms with E-state index in [9.17, 15) is 18.0 Å². The van der Waals surface area contributed by atoms with E-state index in [4.69, 9.17) is 5.73 Å². The highest BCUT2D eigenvalue weighted by Crippen LogP contribution is 2.32. The van der Waals surface area contributed by atoms with Crippen molar-refractivity contribution >= 4 is 5.69 Å². The van der Waals surface area contributed by atoms with Crippen molar-refractivity contribution in [3.05, 3.63) is 51.9 Å². The maximum atomic E-state index is 12.6. The third kappa shape index (κ3) is 3.00. The van der Waals surface area contributed by atoms with E-state index in [0.29, 0.717) is 28.2 Å². The van der Waals surface area contributed by atoms with Crippen LogP contribution in [0.15, 0.2) is 35.1 Å². The lowest BCUT2D eigenvalue weighted by atomic mass is 10.1. The van der Waals surface area contributed by atoms with Gasteiger partial charge in [0, 0.05) is 12.6 Å². The molecule has 0 spiro atoms. The van der Waals surface area contributed by atoms with Crippen molar-refractivity contribution in [1.82, 2.24) is 20.0 Å². The van der Waals surface area contributed by atoms with Crippen LogP contribution in [0.25, 0.3) is 22.5 Å². The number of H-pyrrole nitrogens is 1. The molecule has 0 bridgehead atoms. The molecular weight excluding hydrogens is 335 g/mol. The molecule has 6 nitrogen and oxygen atoms in total. The fourth-order valence-electron chi connectivity index (χ4n) is 2.56. The molecule has 1 aromatic carbocycles. The van der Waals surface area contributed by atoms with E-state index in [-0.39, 0.29) is 5.69 Å². The summed E-state index contributed by atoms with van der Waals surface area (Å²) in [7, 11) is 1.50. The largest absolute Gasteiger partial charge is 0.416 e. The Bertz CT molecular complexity index is 986. The molecule has 0 saturated carbocycles. The van der Waals surface area contributed by atoms with Gasteiger partial charge < -0.3 is 5.73 Å². The van der Waals surface area contributed by atoms with Crippen molar-refractivity contribution in [2.45, 2.75) is 13.1 Å². The van der Waals surface area contributed by atoms with Crippen LogP contribution in [0.1, 0.15) is 11.3 Å². The zero-order valence-electron chi connectivity index (χ0n) is 13.3. The molecular formula is C16H14F3N5O. The number of nitrogens with two attached hydrogens (primary N) is 1. The Kier molecular flexibility index (Phi) is 3.86. The highest BCUT2D eigenvalue weighted by Gasteiger charge is 2.30. The second-order valence-electron chi connectivity index (χ2n) is 5.54. The molecule has 0 atom stereocenters. The first-order valence-corrected chi connectivity index (χ1v) is 7.25. The van der Waals surface area contributed by atoms with Crippen molar-refractivity contribution in [1.29, 1.82) is 0 Å². The highest BCUT2D eigenvalue weighted by atomic mass is 19.4. The number of benzene rings is 1. The fraction of sp³-hybridized carbons (Fsp3) is 0.188. The average molecular weight is 349 g/mol. The summed E-state index contributed by atoms with van der Waals surface area (Å²) in [6.07, 6.45) is -4.39. The molecule has 2 aromatic heterocycles. The first-order valence-electron chi connectivity index (χ1n) is 7.25. The predicted molar refractivity (Wildman–Crippen MR) is 86.6 cm³/mol. The molecule has 2 heterocycles. The highest BCUT2D eigenvalue weighted by molar-refractivity contribution is 5.77. The number of aromatic nitrogens is 4. The molecule has 0 aliphatic rings. The van der Waals surface area contributed by atoms with E-state index in [0.717, 1.165) is 16.8 Å². The molecule has 0 radical (unpaired) electrons. The molecule has 25 heavy (non-hydrogen) atoms. The number of hydrogen-bond acceptors (Lipinski definition) is 4. The van der Waals surface area contributed by atoms with Gasteiger partial charge in [0.15, 0.2) is 0 Å². The summed E-state index contributed by atoms with van der Waals surface area (Å²) in [6, 6.07) is 6.26. The fourth-order valence-corrected chi connectivity index (χ4v) is 2.56. The second kappa shape index (κ2) is 5.76. The third-order valence-corrected chi connectivity index (χ3v) is 3.81. The number of anilines is 1. The lowest BCUT2D eigenvalue weighted by Crippen LogP contribution is -2.24. The molecule has 130 valence electrons. The summed E-state index contributed by atoms with van der Waals surface area (Å²) >= 11 is 0. The van der Waals surface area contributed by atoms with Gasteiger partial charge in [0.2, 0.25) is 0 Å². The normalized spacial score (nSPS) is 11.7. The van der Waals surface area contributed by atoms with Crippen LogP contribution >= 0.6 is 0 Å². The molecule has 3 aromatic rings. The molecule has 0 aliphatic heterocycles. The number of hydrogen-bond donors (Lipinski definition) is 2. The maximum Gasteiger partial charge on any atom is 0.416 e. The minimum absolute atomic E-state index is 0.0256. The van der Waals surface area contributed by atoms with Gasteiger partial charge in [-0.3, -0.25) is 9.89 Å². The number of aromatic amines is 1. The Hall–Kier alpha value is -3.10. The standard InChI is InChI=1S/C16H14F3N5O/c1-8-13(14(20)15(25)24(2)23-8)12-7-11(21-22-12)9-3-5-10(6-4-9)16(17,18)19/h3-7H,20H2,1-2H3,(H,21,22). The molecule has 0 fully saturated rings. The van der Waals surface area contributed by atoms with E-state index in [2.05, 4.69) is 15.3 Å². The Balaban J connectivity index is 2.02. The topological polar surface area (TPSA) is 89.6 Å². The molecule has 3 rings (SSSR count). The molecule has 0 unspecified atom stereocenters. The van der Waals surface area contributed by atoms with Crippen LogP contribution in [-0.4, -0.2) is 20.0 Å². The number of rotatable bonds is 2. The van der Waals surface area contributed by atoms with Gasteiger partial charge in [0.1, 0.15) is 5.69 Å². The summed E-state index contributed by atoms with van der Waals surface area (Å²) in [5, 5.41) is 10.9. The van der Waals surface area contributed by atoms with Crippen LogP contribution in [0.2, 0.25) is 0 Å². The summed E-state index contributed by atoms with van der Waals surface area (Å²) in [5.74, 6) is 0. The SMILES string of the molecule is Cc1nn(C)c(=O)c(N)c1-c1cc(-c2ccc(C(F)(F)F)cc2)n[nH]1. The smallest absolute Gasteiger partial charge is 0.394 e. The van der Waals surface area contributed by atoms with Gasteiger partial charge in [0.25, 0.3) is 5.56 Å². The molecule has 0 aliphatic carbocycles. The predicted octanol–water partition coefficient (Wildman–Crippen LogP) is 2.75. The van der Waals surface area contributed by atoms with Gasteiger partial charge in [-0.05, 0) is 25.1 Å². The van der Waals surface area contributed by atoms with Crippen molar-refractivity contribution in [3.63, 3.8) is 0 Å². The van der Waals surface area contributed by atoms with Gasteiger partial charge >= 0.3 is 6.18 Å². The van der Waals surface area contributed by atoms with Gasteiger partial charge in [0.05, 0.1) is 28.2 Å². The summed E-state index contributed by atoms with van der Waals surface area (Å²) in [4.78, 5) is 12.0. The van der Waals surface area contributed by atoms with Crippen LogP contribution in [-0.2, 0) is 13.2 Å². The summed E-state index contributed by atoms with van der Waals surface area (Å²) in [5.41, 5.74) is 7.10. The third-order valence-electron chi connectivity index (χ3n) is 3.81. The van der Waals surface area contributed by atoms with Crippen LogP contribution in [0.4, 0.5) is 18.9 Å². The zero-order chi connectivity index (χ0) is 18.4. The Morgan fingerprint density at radius 2 is 1.84 bits per heavy atom. The summed E-state index contributed by atoms with van der Waals surface area (Å²) < 4.78 is 39.0. The quantitative estimate of drug-likeness (QED) is 0.744. The number of aryl methyl sites for hydroxylation is 2. The molecule has 0 saturated heterocycles. The minimum atomic E-state index is -4.39. The Morgan fingerprint density at radius 1 is 1.20 bits per heavy atom. The number of nitrogens with zero attached hydrogens (tertiary/aromatic N) is 3. The number of nitrogen functional groups attached to an aromatic ring is 1. The van der Waals surface area contributed by atoms with Crippen molar-refractivity contribution in [2.75, 3.05) is 5.73 Å². The first kappa shape index (κ1) is 16.7. The van der Waals surface area contributed by atoms with Crippen LogP contribution in [0, 0.1) is 6.92 Å².